The molecule has 16 heavy (non-hydrogen) atoms. The standard InChI is InChI=1S/C10H12N4OS/c1-2-14-9(15)12-13-10(14)16-8-5-3-7(11)4-6-8/h3-6H,2,11H2,1H3,(H,12,15). The Balaban J connectivity index is 2.27. The van der Waals surface area contributed by atoms with E-state index in [-0.39, 0.29) is 5.69 Å². The van der Waals surface area contributed by atoms with Crippen LogP contribution in [0, 0.1) is 0 Å². The normalized spacial score (nSPS) is 10.6. The molecule has 0 spiro atoms. The van der Waals surface area contributed by atoms with Gasteiger partial charge in [0.1, 0.15) is 0 Å². The smallest absolute Gasteiger partial charge is 0.343 e. The van der Waals surface area contributed by atoms with E-state index >= 15 is 0 Å². The van der Waals surface area contributed by atoms with Crippen LogP contribution in [0.4, 0.5) is 5.69 Å². The summed E-state index contributed by atoms with van der Waals surface area (Å²) in [7, 11) is 0. The summed E-state index contributed by atoms with van der Waals surface area (Å²) in [5, 5.41) is 7.06. The lowest BCUT2D eigenvalue weighted by molar-refractivity contribution is 0.660. The van der Waals surface area contributed by atoms with Crippen LogP contribution in [0.3, 0.4) is 0 Å². The van der Waals surface area contributed by atoms with Crippen LogP contribution in [0.25, 0.3) is 0 Å². The van der Waals surface area contributed by atoms with E-state index in [1.54, 1.807) is 4.57 Å². The molecule has 6 heteroatoms. The van der Waals surface area contributed by atoms with E-state index in [9.17, 15) is 4.79 Å². The van der Waals surface area contributed by atoms with Crippen LogP contribution in [0.15, 0.2) is 39.1 Å². The Labute approximate surface area is 96.7 Å². The number of anilines is 1. The fourth-order valence-corrected chi connectivity index (χ4v) is 2.20. The highest BCUT2D eigenvalue weighted by Gasteiger charge is 2.07. The number of aromatic amines is 1. The topological polar surface area (TPSA) is 76.7 Å². The van der Waals surface area contributed by atoms with Crippen molar-refractivity contribution < 1.29 is 0 Å². The van der Waals surface area contributed by atoms with E-state index in [1.165, 1.54) is 11.8 Å². The van der Waals surface area contributed by atoms with E-state index in [4.69, 9.17) is 5.73 Å². The molecule has 0 aliphatic carbocycles. The molecule has 3 N–H and O–H groups in total. The minimum atomic E-state index is -0.180. The number of H-pyrrole nitrogens is 1. The number of nitrogens with two attached hydrogens (primary N) is 1. The molecule has 1 heterocycles. The zero-order chi connectivity index (χ0) is 11.5. The third-order valence-corrected chi connectivity index (χ3v) is 3.13. The van der Waals surface area contributed by atoms with Gasteiger partial charge in [-0.25, -0.2) is 9.89 Å². The van der Waals surface area contributed by atoms with Crippen molar-refractivity contribution in [1.29, 1.82) is 0 Å². The maximum absolute atomic E-state index is 11.3. The van der Waals surface area contributed by atoms with Crippen molar-refractivity contribution in [3.63, 3.8) is 0 Å². The van der Waals surface area contributed by atoms with Gasteiger partial charge in [-0.05, 0) is 43.0 Å². The van der Waals surface area contributed by atoms with Gasteiger partial charge in [0.2, 0.25) is 0 Å². The van der Waals surface area contributed by atoms with E-state index in [2.05, 4.69) is 10.2 Å². The summed E-state index contributed by atoms with van der Waals surface area (Å²) in [6.45, 7) is 2.51. The first-order valence-electron chi connectivity index (χ1n) is 4.89. The van der Waals surface area contributed by atoms with E-state index in [0.717, 1.165) is 10.6 Å². The lowest BCUT2D eigenvalue weighted by Crippen LogP contribution is -2.15. The van der Waals surface area contributed by atoms with Crippen molar-refractivity contribution in [2.75, 3.05) is 5.73 Å². The fraction of sp³-hybridized carbons (Fsp3) is 0.200. The van der Waals surface area contributed by atoms with Crippen LogP contribution in [0.5, 0.6) is 0 Å². The summed E-state index contributed by atoms with van der Waals surface area (Å²) in [4.78, 5) is 12.3. The molecule has 0 saturated heterocycles. The number of nitrogens with zero attached hydrogens (tertiary/aromatic N) is 2. The van der Waals surface area contributed by atoms with Crippen LogP contribution in [0.1, 0.15) is 6.92 Å². The number of benzene rings is 1. The Morgan fingerprint density at radius 3 is 2.75 bits per heavy atom. The van der Waals surface area contributed by atoms with Gasteiger partial charge in [0, 0.05) is 17.1 Å². The van der Waals surface area contributed by atoms with Gasteiger partial charge in [0.05, 0.1) is 0 Å². The number of nitrogens with one attached hydrogen (secondary N) is 1. The third-order valence-electron chi connectivity index (χ3n) is 2.13. The Bertz CT molecular complexity index is 528. The highest BCUT2D eigenvalue weighted by Crippen LogP contribution is 2.25. The van der Waals surface area contributed by atoms with Crippen molar-refractivity contribution in [3.8, 4) is 0 Å². The molecule has 2 aromatic rings. The molecule has 1 aromatic carbocycles. The van der Waals surface area contributed by atoms with Gasteiger partial charge in [0.15, 0.2) is 5.16 Å². The highest BCUT2D eigenvalue weighted by molar-refractivity contribution is 7.99. The second-order valence-corrected chi connectivity index (χ2v) is 4.27. The van der Waals surface area contributed by atoms with Gasteiger partial charge < -0.3 is 5.73 Å². The predicted octanol–water partition coefficient (Wildman–Crippen LogP) is 1.32. The van der Waals surface area contributed by atoms with Crippen LogP contribution in [-0.4, -0.2) is 14.8 Å². The van der Waals surface area contributed by atoms with Crippen LogP contribution >= 0.6 is 11.8 Å². The Morgan fingerprint density at radius 2 is 2.12 bits per heavy atom. The van der Waals surface area contributed by atoms with Gasteiger partial charge in [0.25, 0.3) is 0 Å². The van der Waals surface area contributed by atoms with E-state index < -0.39 is 0 Å². The molecule has 0 saturated carbocycles. The van der Waals surface area contributed by atoms with E-state index in [1.807, 2.05) is 31.2 Å². The second kappa shape index (κ2) is 4.44. The molecule has 84 valence electrons. The van der Waals surface area contributed by atoms with Gasteiger partial charge in [-0.2, -0.15) is 0 Å². The molecular formula is C10H12N4OS. The summed E-state index contributed by atoms with van der Waals surface area (Å²) in [5.41, 5.74) is 6.14. The summed E-state index contributed by atoms with van der Waals surface area (Å²) < 4.78 is 1.58. The molecule has 0 radical (unpaired) electrons. The molecule has 0 aliphatic heterocycles. The molecule has 0 atom stereocenters. The van der Waals surface area contributed by atoms with E-state index in [0.29, 0.717) is 11.7 Å². The van der Waals surface area contributed by atoms with Crippen LogP contribution in [0.2, 0.25) is 0 Å². The number of nitrogen functional groups attached to an aromatic ring is 1. The SMILES string of the molecule is CCn1c(Sc2ccc(N)cc2)n[nH]c1=O. The fourth-order valence-electron chi connectivity index (χ4n) is 1.30. The van der Waals surface area contributed by atoms with Gasteiger partial charge in [-0.3, -0.25) is 4.57 Å². The minimum absolute atomic E-state index is 0.180. The zero-order valence-corrected chi connectivity index (χ0v) is 9.62. The van der Waals surface area contributed by atoms with Crippen LogP contribution in [-0.2, 0) is 6.54 Å². The molecule has 5 nitrogen and oxygen atoms in total. The molecule has 0 unspecified atom stereocenters. The molecule has 1 aromatic heterocycles. The summed E-state index contributed by atoms with van der Waals surface area (Å²) in [6, 6.07) is 7.45. The predicted molar refractivity (Wildman–Crippen MR) is 63.5 cm³/mol. The Morgan fingerprint density at radius 1 is 1.44 bits per heavy atom. The summed E-state index contributed by atoms with van der Waals surface area (Å²) in [5.74, 6) is 0. The summed E-state index contributed by atoms with van der Waals surface area (Å²) in [6.07, 6.45) is 0. The maximum atomic E-state index is 11.3. The average Bonchev–Trinajstić information content (AvgIpc) is 2.63. The van der Waals surface area contributed by atoms with Crippen molar-refractivity contribution in [2.45, 2.75) is 23.5 Å². The minimum Gasteiger partial charge on any atom is -0.399 e. The maximum Gasteiger partial charge on any atom is 0.343 e. The molecule has 0 aliphatic rings. The zero-order valence-electron chi connectivity index (χ0n) is 8.80. The molecular weight excluding hydrogens is 224 g/mol. The molecule has 2 rings (SSSR count). The lowest BCUT2D eigenvalue weighted by atomic mass is 10.3. The molecule has 0 bridgehead atoms. The number of hydrogen-bond donors (Lipinski definition) is 2. The van der Waals surface area contributed by atoms with Crippen LogP contribution < -0.4 is 11.4 Å². The lowest BCUT2D eigenvalue weighted by Gasteiger charge is -2.02. The Hall–Kier alpha value is -1.69. The van der Waals surface area contributed by atoms with Crippen molar-refractivity contribution in [2.24, 2.45) is 0 Å². The summed E-state index contributed by atoms with van der Waals surface area (Å²) >= 11 is 1.43. The first kappa shape index (κ1) is 10.8. The number of aromatic nitrogens is 3. The third kappa shape index (κ3) is 2.11. The first-order valence-corrected chi connectivity index (χ1v) is 5.71. The van der Waals surface area contributed by atoms with Crippen molar-refractivity contribution >= 4 is 17.4 Å². The largest absolute Gasteiger partial charge is 0.399 e. The quantitative estimate of drug-likeness (QED) is 0.788. The second-order valence-electron chi connectivity index (χ2n) is 3.23. The molecule has 0 amide bonds. The number of rotatable bonds is 3. The highest BCUT2D eigenvalue weighted by atomic mass is 32.2. The first-order chi connectivity index (χ1) is 7.70. The van der Waals surface area contributed by atoms with Gasteiger partial charge in [-0.1, -0.05) is 0 Å². The Kier molecular flexibility index (Phi) is 3.00. The molecule has 0 fully saturated rings. The number of hydrogen-bond acceptors (Lipinski definition) is 4. The van der Waals surface area contributed by atoms with Gasteiger partial charge >= 0.3 is 5.69 Å². The van der Waals surface area contributed by atoms with Gasteiger partial charge in [-0.15, -0.1) is 5.10 Å². The average molecular weight is 236 g/mol. The van der Waals surface area contributed by atoms with Crippen molar-refractivity contribution in [1.82, 2.24) is 14.8 Å². The monoisotopic (exact) mass is 236 g/mol. The van der Waals surface area contributed by atoms with Crippen molar-refractivity contribution in [3.05, 3.63) is 34.7 Å².